The Morgan fingerprint density at radius 1 is 1.21 bits per heavy atom. The quantitative estimate of drug-likeness (QED) is 0.675. The topological polar surface area (TPSA) is 50.4 Å². The zero-order valence-electron chi connectivity index (χ0n) is 11.4. The van der Waals surface area contributed by atoms with Crippen LogP contribution in [-0.4, -0.2) is 39.3 Å². The van der Waals surface area contributed by atoms with Crippen molar-refractivity contribution in [2.75, 3.05) is 33.4 Å². The van der Waals surface area contributed by atoms with Crippen molar-refractivity contribution in [1.82, 2.24) is 10.6 Å². The van der Waals surface area contributed by atoms with Crippen molar-refractivity contribution in [3.05, 3.63) is 35.9 Å². The van der Waals surface area contributed by atoms with Gasteiger partial charge in [0.05, 0.1) is 6.61 Å². The molecule has 1 rings (SSSR count). The van der Waals surface area contributed by atoms with Crippen LogP contribution in [0.5, 0.6) is 0 Å². The van der Waals surface area contributed by atoms with Crippen molar-refractivity contribution in [3.63, 3.8) is 0 Å². The van der Waals surface area contributed by atoms with Crippen LogP contribution in [0.25, 0.3) is 0 Å². The molecule has 108 valence electrons. The zero-order chi connectivity index (χ0) is 13.1. The van der Waals surface area contributed by atoms with Crippen LogP contribution < -0.4 is 10.6 Å². The molecule has 1 amide bonds. The number of hydrogen-bond donors (Lipinski definition) is 2. The molecular weight excluding hydrogens is 264 g/mol. The number of rotatable bonds is 9. The van der Waals surface area contributed by atoms with Gasteiger partial charge in [0.1, 0.15) is 6.61 Å². The van der Waals surface area contributed by atoms with E-state index in [0.717, 1.165) is 19.4 Å². The SMILES string of the molecule is CNCCCNC(=O)COCCc1ccccc1.Cl. The van der Waals surface area contributed by atoms with Crippen LogP contribution in [0.1, 0.15) is 12.0 Å². The van der Waals surface area contributed by atoms with E-state index in [0.29, 0.717) is 13.2 Å². The molecule has 4 nitrogen and oxygen atoms in total. The smallest absolute Gasteiger partial charge is 0.245 e. The Balaban J connectivity index is 0.00000324. The highest BCUT2D eigenvalue weighted by Gasteiger charge is 2.00. The molecule has 0 fully saturated rings. The number of carbonyl (C=O) groups excluding carboxylic acids is 1. The molecule has 0 spiro atoms. The maximum Gasteiger partial charge on any atom is 0.245 e. The van der Waals surface area contributed by atoms with Gasteiger partial charge in [0, 0.05) is 6.54 Å². The summed E-state index contributed by atoms with van der Waals surface area (Å²) in [7, 11) is 1.90. The number of ether oxygens (including phenoxy) is 1. The van der Waals surface area contributed by atoms with Gasteiger partial charge in [-0.1, -0.05) is 30.3 Å². The highest BCUT2D eigenvalue weighted by atomic mass is 35.5. The summed E-state index contributed by atoms with van der Waals surface area (Å²) in [6, 6.07) is 10.1. The number of benzene rings is 1. The van der Waals surface area contributed by atoms with Crippen LogP contribution in [0, 0.1) is 0 Å². The molecule has 1 aromatic carbocycles. The minimum Gasteiger partial charge on any atom is -0.371 e. The molecule has 0 aliphatic heterocycles. The largest absolute Gasteiger partial charge is 0.371 e. The van der Waals surface area contributed by atoms with Gasteiger partial charge in [-0.25, -0.2) is 0 Å². The summed E-state index contributed by atoms with van der Waals surface area (Å²) in [5.41, 5.74) is 1.23. The molecule has 5 heteroatoms. The average molecular weight is 287 g/mol. The first kappa shape index (κ1) is 17.9. The predicted molar refractivity (Wildman–Crippen MR) is 79.8 cm³/mol. The van der Waals surface area contributed by atoms with E-state index in [1.54, 1.807) is 0 Å². The molecule has 1 aromatic rings. The van der Waals surface area contributed by atoms with Crippen molar-refractivity contribution in [2.24, 2.45) is 0 Å². The van der Waals surface area contributed by atoms with E-state index in [-0.39, 0.29) is 24.9 Å². The van der Waals surface area contributed by atoms with Gasteiger partial charge < -0.3 is 15.4 Å². The molecule has 0 atom stereocenters. The molecule has 0 unspecified atom stereocenters. The fraction of sp³-hybridized carbons (Fsp3) is 0.500. The van der Waals surface area contributed by atoms with Crippen molar-refractivity contribution in [3.8, 4) is 0 Å². The van der Waals surface area contributed by atoms with Gasteiger partial charge in [-0.3, -0.25) is 4.79 Å². The van der Waals surface area contributed by atoms with E-state index in [9.17, 15) is 4.79 Å². The van der Waals surface area contributed by atoms with E-state index in [2.05, 4.69) is 22.8 Å². The van der Waals surface area contributed by atoms with Gasteiger partial charge in [-0.05, 0) is 32.0 Å². The Kier molecular flexibility index (Phi) is 11.3. The van der Waals surface area contributed by atoms with E-state index < -0.39 is 0 Å². The summed E-state index contributed by atoms with van der Waals surface area (Å²) in [4.78, 5) is 11.4. The lowest BCUT2D eigenvalue weighted by atomic mass is 10.2. The third-order valence-electron chi connectivity index (χ3n) is 2.54. The van der Waals surface area contributed by atoms with Crippen LogP contribution in [0.3, 0.4) is 0 Å². The highest BCUT2D eigenvalue weighted by molar-refractivity contribution is 5.85. The molecule has 19 heavy (non-hydrogen) atoms. The van der Waals surface area contributed by atoms with Crippen LogP contribution in [0.15, 0.2) is 30.3 Å². The van der Waals surface area contributed by atoms with Gasteiger partial charge in [0.2, 0.25) is 5.91 Å². The van der Waals surface area contributed by atoms with Crippen molar-refractivity contribution >= 4 is 18.3 Å². The summed E-state index contributed by atoms with van der Waals surface area (Å²) in [6.45, 7) is 2.33. The third-order valence-corrected chi connectivity index (χ3v) is 2.54. The first-order valence-corrected chi connectivity index (χ1v) is 6.36. The standard InChI is InChI=1S/C14H22N2O2.ClH/c1-15-9-5-10-16-14(17)12-18-11-8-13-6-3-2-4-7-13;/h2-4,6-7,15H,5,8-12H2,1H3,(H,16,17);1H. The van der Waals surface area contributed by atoms with Gasteiger partial charge >= 0.3 is 0 Å². The summed E-state index contributed by atoms with van der Waals surface area (Å²) in [6.07, 6.45) is 1.78. The highest BCUT2D eigenvalue weighted by Crippen LogP contribution is 1.99. The zero-order valence-corrected chi connectivity index (χ0v) is 12.2. The number of halogens is 1. The maximum absolute atomic E-state index is 11.4. The van der Waals surface area contributed by atoms with Gasteiger partial charge in [-0.15, -0.1) is 12.4 Å². The minimum atomic E-state index is -0.0424. The lowest BCUT2D eigenvalue weighted by molar-refractivity contribution is -0.125. The number of nitrogens with one attached hydrogen (secondary N) is 2. The van der Waals surface area contributed by atoms with Gasteiger partial charge in [0.25, 0.3) is 0 Å². The van der Waals surface area contributed by atoms with Crippen LogP contribution >= 0.6 is 12.4 Å². The Bertz CT molecular complexity index is 333. The normalized spacial score (nSPS) is 9.74. The second kappa shape index (κ2) is 12.0. The Morgan fingerprint density at radius 3 is 2.63 bits per heavy atom. The molecule has 0 aliphatic carbocycles. The van der Waals surface area contributed by atoms with Crippen LogP contribution in [0.2, 0.25) is 0 Å². The number of hydrogen-bond acceptors (Lipinski definition) is 3. The van der Waals surface area contributed by atoms with Crippen LogP contribution in [-0.2, 0) is 16.0 Å². The van der Waals surface area contributed by atoms with E-state index >= 15 is 0 Å². The average Bonchev–Trinajstić information content (AvgIpc) is 2.41. The monoisotopic (exact) mass is 286 g/mol. The first-order valence-electron chi connectivity index (χ1n) is 6.36. The molecule has 0 saturated heterocycles. The minimum absolute atomic E-state index is 0. The fourth-order valence-corrected chi connectivity index (χ4v) is 1.54. The van der Waals surface area contributed by atoms with Gasteiger partial charge in [0.15, 0.2) is 0 Å². The third kappa shape index (κ3) is 9.47. The number of amides is 1. The van der Waals surface area contributed by atoms with Crippen molar-refractivity contribution in [2.45, 2.75) is 12.8 Å². The summed E-state index contributed by atoms with van der Waals surface area (Å²) in [5.74, 6) is -0.0424. The molecule has 0 aromatic heterocycles. The van der Waals surface area contributed by atoms with E-state index in [1.807, 2.05) is 25.2 Å². The van der Waals surface area contributed by atoms with Gasteiger partial charge in [-0.2, -0.15) is 0 Å². The fourth-order valence-electron chi connectivity index (χ4n) is 1.54. The lowest BCUT2D eigenvalue weighted by Crippen LogP contribution is -2.30. The molecule has 2 N–H and O–H groups in total. The predicted octanol–water partition coefficient (Wildman–Crippen LogP) is 1.39. The lowest BCUT2D eigenvalue weighted by Gasteiger charge is -2.06. The van der Waals surface area contributed by atoms with Crippen molar-refractivity contribution in [1.29, 1.82) is 0 Å². The van der Waals surface area contributed by atoms with E-state index in [1.165, 1.54) is 5.56 Å². The molecular formula is C14H23ClN2O2. The Labute approximate surface area is 121 Å². The Morgan fingerprint density at radius 2 is 1.95 bits per heavy atom. The second-order valence-corrected chi connectivity index (χ2v) is 4.10. The first-order chi connectivity index (χ1) is 8.83. The maximum atomic E-state index is 11.4. The molecule has 0 bridgehead atoms. The Hall–Kier alpha value is -1.10. The molecule has 0 heterocycles. The van der Waals surface area contributed by atoms with Crippen molar-refractivity contribution < 1.29 is 9.53 Å². The van der Waals surface area contributed by atoms with E-state index in [4.69, 9.17) is 4.74 Å². The number of carbonyl (C=O) groups is 1. The summed E-state index contributed by atoms with van der Waals surface area (Å²) < 4.78 is 5.33. The molecule has 0 saturated carbocycles. The molecule has 0 aliphatic rings. The molecule has 0 radical (unpaired) electrons. The summed E-state index contributed by atoms with van der Waals surface area (Å²) in [5, 5.41) is 5.84. The summed E-state index contributed by atoms with van der Waals surface area (Å²) >= 11 is 0. The van der Waals surface area contributed by atoms with Crippen LogP contribution in [0.4, 0.5) is 0 Å². The second-order valence-electron chi connectivity index (χ2n) is 4.10.